The number of β-amino-alcohol motifs (C(OH)–C–C–N with tert-alkyl or cyclic N) is 1. The number of hydrogen-bond acceptors (Lipinski definition) is 4. The highest BCUT2D eigenvalue weighted by molar-refractivity contribution is 7.89. The zero-order valence-corrected chi connectivity index (χ0v) is 16.0. The molecule has 1 amide bonds. The number of hydrogen-bond donors (Lipinski definition) is 1. The summed E-state index contributed by atoms with van der Waals surface area (Å²) in [5, 5.41) is 9.54. The maximum atomic E-state index is 12.5. The number of sulfonamides is 1. The van der Waals surface area contributed by atoms with Crippen LogP contribution in [0.3, 0.4) is 0 Å². The smallest absolute Gasteiger partial charge is 0.392 e. The van der Waals surface area contributed by atoms with E-state index in [4.69, 9.17) is 0 Å². The van der Waals surface area contributed by atoms with Crippen molar-refractivity contribution in [3.63, 3.8) is 0 Å². The molecule has 2 aliphatic heterocycles. The van der Waals surface area contributed by atoms with Gasteiger partial charge in [-0.25, -0.2) is 8.42 Å². The quantitative estimate of drug-likeness (QED) is 0.806. The number of carbonyl (C=O) groups excluding carboxylic acids is 1. The second-order valence-electron chi connectivity index (χ2n) is 7.39. The Hall–Kier alpha value is -1.65. The number of halogens is 3. The molecule has 2 fully saturated rings. The molecule has 1 atom stereocenters. The Bertz CT molecular complexity index is 803. The summed E-state index contributed by atoms with van der Waals surface area (Å²) in [5.74, 6) is -1.64. The van der Waals surface area contributed by atoms with Crippen molar-refractivity contribution in [2.75, 3.05) is 26.2 Å². The van der Waals surface area contributed by atoms with Gasteiger partial charge in [0.15, 0.2) is 0 Å². The van der Waals surface area contributed by atoms with Crippen LogP contribution in [0.4, 0.5) is 13.2 Å². The first-order valence-corrected chi connectivity index (χ1v) is 10.6. The van der Waals surface area contributed by atoms with Crippen molar-refractivity contribution in [3.05, 3.63) is 29.8 Å². The van der Waals surface area contributed by atoms with Crippen LogP contribution in [0.1, 0.15) is 24.8 Å². The Labute approximate surface area is 162 Å². The number of amides is 1. The third-order valence-electron chi connectivity index (χ3n) is 5.36. The molecule has 10 heteroatoms. The first kappa shape index (κ1) is 21.1. The standard InChI is InChI=1S/C18H23F3N2O4S/c19-18(20,21)17(25)22-8-5-14(6-9-22)11-13-1-3-16(4-2-13)28(26,27)23-10-7-15(24)12-23/h1-4,14-15,24H,5-12H2. The summed E-state index contributed by atoms with van der Waals surface area (Å²) in [5.41, 5.74) is 0.904. The van der Waals surface area contributed by atoms with Crippen LogP contribution in [-0.2, 0) is 21.2 Å². The van der Waals surface area contributed by atoms with Crippen LogP contribution >= 0.6 is 0 Å². The lowest BCUT2D eigenvalue weighted by Gasteiger charge is -2.32. The number of piperidine rings is 1. The molecule has 2 heterocycles. The molecular weight excluding hydrogens is 397 g/mol. The largest absolute Gasteiger partial charge is 0.471 e. The predicted molar refractivity (Wildman–Crippen MR) is 94.9 cm³/mol. The van der Waals surface area contributed by atoms with E-state index in [-0.39, 0.29) is 30.4 Å². The molecule has 156 valence electrons. The summed E-state index contributed by atoms with van der Waals surface area (Å²) < 4.78 is 63.8. The lowest BCUT2D eigenvalue weighted by molar-refractivity contribution is -0.186. The Balaban J connectivity index is 1.56. The SMILES string of the molecule is O=C(N1CCC(Cc2ccc(S(=O)(=O)N3CCC(O)C3)cc2)CC1)C(F)(F)F. The first-order chi connectivity index (χ1) is 13.1. The van der Waals surface area contributed by atoms with Crippen LogP contribution in [-0.4, -0.2) is 67.1 Å². The van der Waals surface area contributed by atoms with Gasteiger partial charge in [0.2, 0.25) is 10.0 Å². The van der Waals surface area contributed by atoms with Gasteiger partial charge in [-0.3, -0.25) is 4.79 Å². The van der Waals surface area contributed by atoms with Crippen LogP contribution < -0.4 is 0 Å². The van der Waals surface area contributed by atoms with Crippen molar-refractivity contribution in [2.24, 2.45) is 5.92 Å². The van der Waals surface area contributed by atoms with Crippen molar-refractivity contribution in [1.29, 1.82) is 0 Å². The van der Waals surface area contributed by atoms with Gasteiger partial charge >= 0.3 is 12.1 Å². The van der Waals surface area contributed by atoms with Crippen molar-refractivity contribution in [2.45, 2.75) is 42.9 Å². The summed E-state index contributed by atoms with van der Waals surface area (Å²) in [6, 6.07) is 6.48. The molecule has 1 N–H and O–H groups in total. The topological polar surface area (TPSA) is 77.9 Å². The van der Waals surface area contributed by atoms with E-state index in [0.29, 0.717) is 32.2 Å². The van der Waals surface area contributed by atoms with Gasteiger partial charge in [0, 0.05) is 26.2 Å². The Morgan fingerprint density at radius 2 is 1.68 bits per heavy atom. The van der Waals surface area contributed by atoms with E-state index < -0.39 is 28.2 Å². The molecule has 0 aromatic heterocycles. The molecule has 0 saturated carbocycles. The Kier molecular flexibility index (Phi) is 6.02. The molecular formula is C18H23F3N2O4S. The number of benzene rings is 1. The van der Waals surface area contributed by atoms with Gasteiger partial charge in [0.1, 0.15) is 0 Å². The molecule has 0 radical (unpaired) electrons. The molecule has 0 aliphatic carbocycles. The van der Waals surface area contributed by atoms with Gasteiger partial charge in [0.25, 0.3) is 0 Å². The highest BCUT2D eigenvalue weighted by Gasteiger charge is 2.43. The van der Waals surface area contributed by atoms with Crippen LogP contribution in [0.2, 0.25) is 0 Å². The lowest BCUT2D eigenvalue weighted by atomic mass is 9.90. The molecule has 6 nitrogen and oxygen atoms in total. The van der Waals surface area contributed by atoms with E-state index in [1.165, 1.54) is 16.4 Å². The van der Waals surface area contributed by atoms with E-state index >= 15 is 0 Å². The number of alkyl halides is 3. The van der Waals surface area contributed by atoms with Crippen molar-refractivity contribution < 1.29 is 31.5 Å². The van der Waals surface area contributed by atoms with Crippen LogP contribution in [0.15, 0.2) is 29.2 Å². The highest BCUT2D eigenvalue weighted by atomic mass is 32.2. The average Bonchev–Trinajstić information content (AvgIpc) is 3.09. The van der Waals surface area contributed by atoms with Gasteiger partial charge in [0.05, 0.1) is 11.0 Å². The Morgan fingerprint density at radius 3 is 2.18 bits per heavy atom. The van der Waals surface area contributed by atoms with Crippen molar-refractivity contribution in [1.82, 2.24) is 9.21 Å². The fourth-order valence-electron chi connectivity index (χ4n) is 3.73. The number of likely N-dealkylation sites (tertiary alicyclic amines) is 1. The van der Waals surface area contributed by atoms with Crippen LogP contribution in [0, 0.1) is 5.92 Å². The van der Waals surface area contributed by atoms with E-state index in [2.05, 4.69) is 0 Å². The zero-order chi connectivity index (χ0) is 20.5. The fraction of sp³-hybridized carbons (Fsp3) is 0.611. The average molecular weight is 420 g/mol. The van der Waals surface area contributed by atoms with Crippen LogP contribution in [0.25, 0.3) is 0 Å². The molecule has 0 spiro atoms. The molecule has 1 aromatic rings. The summed E-state index contributed by atoms with van der Waals surface area (Å²) in [6.07, 6.45) is -3.46. The molecule has 0 bridgehead atoms. The minimum absolute atomic E-state index is 0.0762. The molecule has 1 unspecified atom stereocenters. The second kappa shape index (κ2) is 8.00. The summed E-state index contributed by atoms with van der Waals surface area (Å²) in [6.45, 7) is 0.541. The lowest BCUT2D eigenvalue weighted by Crippen LogP contribution is -2.45. The zero-order valence-electron chi connectivity index (χ0n) is 15.2. The predicted octanol–water partition coefficient (Wildman–Crippen LogP) is 1.79. The summed E-state index contributed by atoms with van der Waals surface area (Å²) in [4.78, 5) is 12.3. The van der Waals surface area contributed by atoms with Gasteiger partial charge in [-0.15, -0.1) is 0 Å². The molecule has 2 saturated heterocycles. The number of rotatable bonds is 4. The van der Waals surface area contributed by atoms with Gasteiger partial charge in [-0.05, 0) is 49.3 Å². The maximum Gasteiger partial charge on any atom is 0.471 e. The third kappa shape index (κ3) is 4.66. The molecule has 2 aliphatic rings. The Morgan fingerprint density at radius 1 is 1.07 bits per heavy atom. The van der Waals surface area contributed by atoms with E-state index in [0.717, 1.165) is 10.5 Å². The van der Waals surface area contributed by atoms with Gasteiger partial charge < -0.3 is 10.0 Å². The molecule has 28 heavy (non-hydrogen) atoms. The summed E-state index contributed by atoms with van der Waals surface area (Å²) >= 11 is 0. The van der Waals surface area contributed by atoms with E-state index in [1.807, 2.05) is 0 Å². The molecule has 3 rings (SSSR count). The van der Waals surface area contributed by atoms with Gasteiger partial charge in [-0.1, -0.05) is 12.1 Å². The normalized spacial score (nSPS) is 22.6. The monoisotopic (exact) mass is 420 g/mol. The second-order valence-corrected chi connectivity index (χ2v) is 9.32. The summed E-state index contributed by atoms with van der Waals surface area (Å²) in [7, 11) is -3.63. The third-order valence-corrected chi connectivity index (χ3v) is 7.24. The maximum absolute atomic E-state index is 12.5. The number of nitrogens with zero attached hydrogens (tertiary/aromatic N) is 2. The van der Waals surface area contributed by atoms with Crippen molar-refractivity contribution >= 4 is 15.9 Å². The van der Waals surface area contributed by atoms with E-state index in [9.17, 15) is 31.5 Å². The minimum Gasteiger partial charge on any atom is -0.392 e. The van der Waals surface area contributed by atoms with E-state index in [1.54, 1.807) is 12.1 Å². The number of aliphatic hydroxyl groups is 1. The molecule has 1 aromatic carbocycles. The highest BCUT2D eigenvalue weighted by Crippen LogP contribution is 2.27. The number of aliphatic hydroxyl groups excluding tert-OH is 1. The minimum atomic E-state index is -4.83. The fourth-order valence-corrected chi connectivity index (χ4v) is 5.22. The van der Waals surface area contributed by atoms with Crippen LogP contribution in [0.5, 0.6) is 0 Å². The van der Waals surface area contributed by atoms with Gasteiger partial charge in [-0.2, -0.15) is 17.5 Å². The number of carbonyl (C=O) groups is 1. The first-order valence-electron chi connectivity index (χ1n) is 9.20. The van der Waals surface area contributed by atoms with Crippen molar-refractivity contribution in [3.8, 4) is 0 Å².